The Labute approximate surface area is 108 Å². The normalized spacial score (nSPS) is 26.3. The van der Waals surface area contributed by atoms with E-state index in [1.807, 2.05) is 7.11 Å². The van der Waals surface area contributed by atoms with Gasteiger partial charge in [-0.2, -0.15) is 0 Å². The Kier molecular flexibility index (Phi) is 7.87. The quantitative estimate of drug-likeness (QED) is 0.618. The summed E-state index contributed by atoms with van der Waals surface area (Å²) in [5.74, 6) is 0. The molecule has 0 aromatic heterocycles. The van der Waals surface area contributed by atoms with Crippen LogP contribution < -0.4 is 5.32 Å². The van der Waals surface area contributed by atoms with Crippen molar-refractivity contribution in [2.75, 3.05) is 7.11 Å². The van der Waals surface area contributed by atoms with E-state index in [0.717, 1.165) is 0 Å². The Morgan fingerprint density at radius 1 is 1.18 bits per heavy atom. The maximum atomic E-state index is 5.41. The molecule has 1 fully saturated rings. The lowest BCUT2D eigenvalue weighted by molar-refractivity contribution is 0.106. The third-order valence-electron chi connectivity index (χ3n) is 3.98. The van der Waals surface area contributed by atoms with Gasteiger partial charge in [-0.25, -0.2) is 0 Å². The Morgan fingerprint density at radius 3 is 2.59 bits per heavy atom. The van der Waals surface area contributed by atoms with Crippen LogP contribution >= 0.6 is 0 Å². The van der Waals surface area contributed by atoms with Crippen molar-refractivity contribution < 1.29 is 4.74 Å². The molecule has 0 saturated heterocycles. The molecular weight excluding hydrogens is 210 g/mol. The molecule has 1 aliphatic rings. The second-order valence-electron chi connectivity index (χ2n) is 5.64. The molecule has 1 saturated carbocycles. The van der Waals surface area contributed by atoms with Crippen LogP contribution in [0.3, 0.4) is 0 Å². The molecule has 1 rings (SSSR count). The molecule has 0 spiro atoms. The summed E-state index contributed by atoms with van der Waals surface area (Å²) in [6.45, 7) is 4.61. The van der Waals surface area contributed by atoms with Gasteiger partial charge < -0.3 is 10.1 Å². The van der Waals surface area contributed by atoms with Gasteiger partial charge >= 0.3 is 0 Å². The maximum Gasteiger partial charge on any atom is 0.0586 e. The number of unbranched alkanes of at least 4 members (excludes halogenated alkanes) is 4. The Morgan fingerprint density at radius 2 is 1.94 bits per heavy atom. The molecule has 1 aliphatic carbocycles. The van der Waals surface area contributed by atoms with Crippen LogP contribution in [0, 0.1) is 0 Å². The fourth-order valence-electron chi connectivity index (χ4n) is 2.85. The van der Waals surface area contributed by atoms with Crippen molar-refractivity contribution in [2.24, 2.45) is 0 Å². The minimum Gasteiger partial charge on any atom is -0.381 e. The van der Waals surface area contributed by atoms with Crippen molar-refractivity contribution in [3.8, 4) is 0 Å². The predicted molar refractivity (Wildman–Crippen MR) is 74.4 cm³/mol. The van der Waals surface area contributed by atoms with Crippen LogP contribution in [-0.4, -0.2) is 25.3 Å². The summed E-state index contributed by atoms with van der Waals surface area (Å²) in [6, 6.07) is 1.38. The number of nitrogens with one attached hydrogen (secondary N) is 1. The van der Waals surface area contributed by atoms with Crippen molar-refractivity contribution in [1.82, 2.24) is 5.32 Å². The third-order valence-corrected chi connectivity index (χ3v) is 3.98. The van der Waals surface area contributed by atoms with E-state index >= 15 is 0 Å². The number of methoxy groups -OCH3 is 1. The average molecular weight is 241 g/mol. The lowest BCUT2D eigenvalue weighted by Gasteiger charge is -2.19. The Balaban J connectivity index is 1.99. The van der Waals surface area contributed by atoms with Crippen molar-refractivity contribution >= 4 is 0 Å². The van der Waals surface area contributed by atoms with Crippen molar-refractivity contribution in [3.63, 3.8) is 0 Å². The van der Waals surface area contributed by atoms with Gasteiger partial charge in [0.1, 0.15) is 0 Å². The molecular formula is C15H31NO. The van der Waals surface area contributed by atoms with Gasteiger partial charge in [0, 0.05) is 19.2 Å². The largest absolute Gasteiger partial charge is 0.381 e. The van der Waals surface area contributed by atoms with Crippen LogP contribution in [0.25, 0.3) is 0 Å². The molecule has 0 heterocycles. The van der Waals surface area contributed by atoms with E-state index < -0.39 is 0 Å². The van der Waals surface area contributed by atoms with E-state index in [-0.39, 0.29) is 0 Å². The smallest absolute Gasteiger partial charge is 0.0586 e. The first-order valence-electron chi connectivity index (χ1n) is 7.55. The van der Waals surface area contributed by atoms with Gasteiger partial charge in [0.2, 0.25) is 0 Å². The molecule has 102 valence electrons. The SMILES string of the molecule is CCCCCCCC(C)N[C@@H]1CC[C@H](OC)C1. The van der Waals surface area contributed by atoms with Crippen LogP contribution in [0.15, 0.2) is 0 Å². The highest BCUT2D eigenvalue weighted by Gasteiger charge is 2.24. The molecule has 0 amide bonds. The van der Waals surface area contributed by atoms with Gasteiger partial charge in [0.25, 0.3) is 0 Å². The summed E-state index contributed by atoms with van der Waals surface area (Å²) in [6.07, 6.45) is 12.5. The molecule has 1 unspecified atom stereocenters. The summed E-state index contributed by atoms with van der Waals surface area (Å²) >= 11 is 0. The Bertz CT molecular complexity index is 184. The van der Waals surface area contributed by atoms with Gasteiger partial charge in [-0.1, -0.05) is 39.0 Å². The molecule has 0 radical (unpaired) electrons. The first-order chi connectivity index (χ1) is 8.26. The summed E-state index contributed by atoms with van der Waals surface area (Å²) in [7, 11) is 1.84. The standard InChI is InChI=1S/C15H31NO/c1-4-5-6-7-8-9-13(2)16-14-10-11-15(12-14)17-3/h13-16H,4-12H2,1-3H3/t13?,14-,15+/m1/s1. The molecule has 2 nitrogen and oxygen atoms in total. The van der Waals surface area contributed by atoms with Crippen LogP contribution in [0.4, 0.5) is 0 Å². The zero-order valence-corrected chi connectivity index (χ0v) is 12.0. The van der Waals surface area contributed by atoms with Crippen molar-refractivity contribution in [3.05, 3.63) is 0 Å². The van der Waals surface area contributed by atoms with E-state index in [9.17, 15) is 0 Å². The first kappa shape index (κ1) is 15.0. The fraction of sp³-hybridized carbons (Fsp3) is 1.00. The molecule has 2 heteroatoms. The summed E-state index contributed by atoms with van der Waals surface area (Å²) in [5.41, 5.74) is 0. The zero-order valence-electron chi connectivity index (χ0n) is 12.0. The molecule has 0 aliphatic heterocycles. The summed E-state index contributed by atoms with van der Waals surface area (Å²) in [4.78, 5) is 0. The third kappa shape index (κ3) is 6.42. The maximum absolute atomic E-state index is 5.41. The lowest BCUT2D eigenvalue weighted by atomic mass is 10.1. The number of ether oxygens (including phenoxy) is 1. The lowest BCUT2D eigenvalue weighted by Crippen LogP contribution is -2.35. The minimum atomic E-state index is 0.504. The molecule has 3 atom stereocenters. The van der Waals surface area contributed by atoms with E-state index in [1.54, 1.807) is 0 Å². The molecule has 0 bridgehead atoms. The van der Waals surface area contributed by atoms with Gasteiger partial charge in [0.05, 0.1) is 6.10 Å². The molecule has 1 N–H and O–H groups in total. The van der Waals surface area contributed by atoms with Gasteiger partial charge in [-0.15, -0.1) is 0 Å². The highest BCUT2D eigenvalue weighted by Crippen LogP contribution is 2.22. The van der Waals surface area contributed by atoms with Gasteiger partial charge in [0.15, 0.2) is 0 Å². The Hall–Kier alpha value is -0.0800. The highest BCUT2D eigenvalue weighted by molar-refractivity contribution is 4.82. The van der Waals surface area contributed by atoms with Crippen LogP contribution in [0.2, 0.25) is 0 Å². The van der Waals surface area contributed by atoms with Gasteiger partial charge in [-0.05, 0) is 32.6 Å². The minimum absolute atomic E-state index is 0.504. The van der Waals surface area contributed by atoms with E-state index in [1.165, 1.54) is 57.8 Å². The van der Waals surface area contributed by atoms with Crippen LogP contribution in [0.1, 0.15) is 71.6 Å². The number of rotatable bonds is 9. The van der Waals surface area contributed by atoms with E-state index in [4.69, 9.17) is 4.74 Å². The number of hydrogen-bond donors (Lipinski definition) is 1. The first-order valence-corrected chi connectivity index (χ1v) is 7.55. The van der Waals surface area contributed by atoms with E-state index in [2.05, 4.69) is 19.2 Å². The molecule has 0 aromatic carbocycles. The second-order valence-corrected chi connectivity index (χ2v) is 5.64. The van der Waals surface area contributed by atoms with E-state index in [0.29, 0.717) is 18.2 Å². The van der Waals surface area contributed by atoms with Crippen LogP contribution in [0.5, 0.6) is 0 Å². The monoisotopic (exact) mass is 241 g/mol. The average Bonchev–Trinajstić information content (AvgIpc) is 2.76. The number of hydrogen-bond acceptors (Lipinski definition) is 2. The topological polar surface area (TPSA) is 21.3 Å². The molecule has 17 heavy (non-hydrogen) atoms. The van der Waals surface area contributed by atoms with Crippen molar-refractivity contribution in [1.29, 1.82) is 0 Å². The summed E-state index contributed by atoms with van der Waals surface area (Å²) < 4.78 is 5.41. The second kappa shape index (κ2) is 8.93. The fourth-order valence-corrected chi connectivity index (χ4v) is 2.85. The zero-order chi connectivity index (χ0) is 12.5. The van der Waals surface area contributed by atoms with Crippen LogP contribution in [-0.2, 0) is 4.74 Å². The highest BCUT2D eigenvalue weighted by atomic mass is 16.5. The predicted octanol–water partition coefficient (Wildman–Crippen LogP) is 3.89. The molecule has 0 aromatic rings. The summed E-state index contributed by atoms with van der Waals surface area (Å²) in [5, 5.41) is 3.75. The van der Waals surface area contributed by atoms with Crippen molar-refractivity contribution in [2.45, 2.75) is 89.8 Å². The van der Waals surface area contributed by atoms with Gasteiger partial charge in [-0.3, -0.25) is 0 Å².